The fourth-order valence-corrected chi connectivity index (χ4v) is 2.53. The molecule has 2 N–H and O–H groups in total. The molecule has 1 heterocycles. The molecule has 0 saturated heterocycles. The second-order valence-corrected chi connectivity index (χ2v) is 6.18. The van der Waals surface area contributed by atoms with Gasteiger partial charge in [-0.05, 0) is 46.0 Å². The molecule has 6 nitrogen and oxygen atoms in total. The molecule has 0 fully saturated rings. The maximum Gasteiger partial charge on any atom is 0.311 e. The molecule has 5 atom stereocenters. The van der Waals surface area contributed by atoms with Crippen molar-refractivity contribution in [1.29, 1.82) is 0 Å². The van der Waals surface area contributed by atoms with E-state index in [-0.39, 0.29) is 12.1 Å². The molecular formula is C17H28O6. The lowest BCUT2D eigenvalue weighted by molar-refractivity contribution is -0.163. The zero-order valence-electron chi connectivity index (χ0n) is 14.1. The number of hydrogen-bond acceptors (Lipinski definition) is 6. The number of rotatable bonds is 5. The molecule has 0 spiro atoms. The first-order valence-corrected chi connectivity index (χ1v) is 8.21. The molecule has 0 radical (unpaired) electrons. The summed E-state index contributed by atoms with van der Waals surface area (Å²) in [5.74, 6) is -1.50. The molecule has 6 heteroatoms. The Bertz CT molecular complexity index is 419. The quantitative estimate of drug-likeness (QED) is 0.590. The summed E-state index contributed by atoms with van der Waals surface area (Å²) in [5.41, 5.74) is 0. The third kappa shape index (κ3) is 7.14. The summed E-state index contributed by atoms with van der Waals surface area (Å²) in [6.45, 7) is 4.77. The van der Waals surface area contributed by atoms with Crippen molar-refractivity contribution in [3.8, 4) is 0 Å². The van der Waals surface area contributed by atoms with Crippen LogP contribution in [0.5, 0.6) is 0 Å². The van der Waals surface area contributed by atoms with E-state index in [0.29, 0.717) is 32.1 Å². The fourth-order valence-electron chi connectivity index (χ4n) is 2.53. The lowest BCUT2D eigenvalue weighted by atomic mass is 9.98. The number of cyclic esters (lactones) is 1. The van der Waals surface area contributed by atoms with Crippen LogP contribution in [0.1, 0.15) is 52.9 Å². The van der Waals surface area contributed by atoms with Crippen LogP contribution in [-0.4, -0.2) is 46.6 Å². The highest BCUT2D eigenvalue weighted by Gasteiger charge is 2.29. The highest BCUT2D eigenvalue weighted by Crippen LogP contribution is 2.20. The van der Waals surface area contributed by atoms with Crippen LogP contribution in [-0.2, 0) is 19.1 Å². The second kappa shape index (κ2) is 9.67. The van der Waals surface area contributed by atoms with E-state index >= 15 is 0 Å². The van der Waals surface area contributed by atoms with E-state index < -0.39 is 30.2 Å². The van der Waals surface area contributed by atoms with Gasteiger partial charge in [0.05, 0.1) is 24.2 Å². The second-order valence-electron chi connectivity index (χ2n) is 6.18. The molecule has 23 heavy (non-hydrogen) atoms. The zero-order valence-corrected chi connectivity index (χ0v) is 14.1. The Kier molecular flexibility index (Phi) is 8.26. The van der Waals surface area contributed by atoms with Gasteiger partial charge in [-0.1, -0.05) is 12.2 Å². The Balaban J connectivity index is 2.58. The van der Waals surface area contributed by atoms with E-state index in [1.165, 1.54) is 6.92 Å². The van der Waals surface area contributed by atoms with Gasteiger partial charge in [-0.3, -0.25) is 9.59 Å². The number of ether oxygens (including phenoxy) is 2. The molecule has 0 bridgehead atoms. The van der Waals surface area contributed by atoms with Crippen molar-refractivity contribution in [2.24, 2.45) is 5.92 Å². The van der Waals surface area contributed by atoms with Crippen LogP contribution in [0.4, 0.5) is 0 Å². The van der Waals surface area contributed by atoms with E-state index in [4.69, 9.17) is 9.47 Å². The topological polar surface area (TPSA) is 93.1 Å². The number of carbonyl (C=O) groups is 2. The monoisotopic (exact) mass is 328 g/mol. The van der Waals surface area contributed by atoms with E-state index in [2.05, 4.69) is 0 Å². The van der Waals surface area contributed by atoms with Gasteiger partial charge in [-0.15, -0.1) is 0 Å². The Labute approximate surface area is 137 Å². The summed E-state index contributed by atoms with van der Waals surface area (Å²) in [6, 6.07) is 0. The average molecular weight is 328 g/mol. The van der Waals surface area contributed by atoms with Gasteiger partial charge in [-0.25, -0.2) is 0 Å². The molecule has 0 aliphatic carbocycles. The van der Waals surface area contributed by atoms with Crippen LogP contribution in [0.2, 0.25) is 0 Å². The highest BCUT2D eigenvalue weighted by molar-refractivity contribution is 5.73. The van der Waals surface area contributed by atoms with E-state index in [0.717, 1.165) is 0 Å². The number of carbonyl (C=O) groups excluding carboxylic acids is 2. The van der Waals surface area contributed by atoms with Gasteiger partial charge in [0.25, 0.3) is 0 Å². The van der Waals surface area contributed by atoms with Crippen LogP contribution in [0.25, 0.3) is 0 Å². The van der Waals surface area contributed by atoms with Crippen molar-refractivity contribution in [1.82, 2.24) is 0 Å². The first-order valence-electron chi connectivity index (χ1n) is 8.21. The molecular weight excluding hydrogens is 300 g/mol. The van der Waals surface area contributed by atoms with E-state index in [1.54, 1.807) is 26.0 Å². The number of esters is 2. The van der Waals surface area contributed by atoms with Crippen molar-refractivity contribution in [2.45, 2.75) is 77.3 Å². The molecule has 132 valence electrons. The summed E-state index contributed by atoms with van der Waals surface area (Å²) in [4.78, 5) is 22.9. The first kappa shape index (κ1) is 19.6. The Morgan fingerprint density at radius 2 is 2.17 bits per heavy atom. The van der Waals surface area contributed by atoms with Crippen LogP contribution in [0.3, 0.4) is 0 Å². The minimum atomic E-state index is -0.873. The Morgan fingerprint density at radius 1 is 1.48 bits per heavy atom. The summed E-state index contributed by atoms with van der Waals surface area (Å²) in [7, 11) is 0. The summed E-state index contributed by atoms with van der Waals surface area (Å²) >= 11 is 0. The summed E-state index contributed by atoms with van der Waals surface area (Å²) in [5, 5.41) is 20.1. The van der Waals surface area contributed by atoms with Gasteiger partial charge in [0.2, 0.25) is 0 Å². The smallest absolute Gasteiger partial charge is 0.311 e. The summed E-state index contributed by atoms with van der Waals surface area (Å²) in [6.07, 6.45) is 3.80. The Morgan fingerprint density at radius 3 is 2.83 bits per heavy atom. The van der Waals surface area contributed by atoms with E-state index in [1.807, 2.05) is 0 Å². The minimum absolute atomic E-state index is 0.205. The maximum absolute atomic E-state index is 12.0. The molecule has 0 amide bonds. The molecule has 0 aromatic carbocycles. The molecule has 0 saturated carbocycles. The van der Waals surface area contributed by atoms with E-state index in [9.17, 15) is 19.8 Å². The molecule has 1 rings (SSSR count). The van der Waals surface area contributed by atoms with Crippen molar-refractivity contribution < 1.29 is 29.3 Å². The standard InChI is InChI=1S/C17H28O6/c1-11(22-13(3)18)7-6-10-16-15(20)9-5-4-8-14(19)12(2)17(21)23-16/h4,8,11-12,14-16,19-20H,5-7,9-10H2,1-3H3/b8-4+/t11-,12+,14+,15-,16+/m0/s1. The SMILES string of the molecule is CC(=O)O[C@@H](C)CCC[C@H]1OC(=O)[C@H](C)[C@H](O)/C=C/CC[C@@H]1O. The van der Waals surface area contributed by atoms with Crippen molar-refractivity contribution in [3.63, 3.8) is 0 Å². The van der Waals surface area contributed by atoms with Crippen LogP contribution in [0.15, 0.2) is 12.2 Å². The van der Waals surface area contributed by atoms with Crippen molar-refractivity contribution in [3.05, 3.63) is 12.2 Å². The number of aliphatic hydroxyl groups excluding tert-OH is 2. The third-order valence-corrected chi connectivity index (χ3v) is 4.01. The van der Waals surface area contributed by atoms with Gasteiger partial charge >= 0.3 is 11.9 Å². The normalized spacial score (nSPS) is 31.8. The highest BCUT2D eigenvalue weighted by atomic mass is 16.6. The van der Waals surface area contributed by atoms with Gasteiger partial charge in [0, 0.05) is 6.92 Å². The zero-order chi connectivity index (χ0) is 17.4. The number of aliphatic hydroxyl groups is 2. The van der Waals surface area contributed by atoms with Gasteiger partial charge in [-0.2, -0.15) is 0 Å². The largest absolute Gasteiger partial charge is 0.463 e. The molecule has 1 aliphatic heterocycles. The van der Waals surface area contributed by atoms with Crippen LogP contribution >= 0.6 is 0 Å². The predicted molar refractivity (Wildman–Crippen MR) is 84.5 cm³/mol. The number of hydrogen-bond donors (Lipinski definition) is 2. The lowest BCUT2D eigenvalue weighted by Crippen LogP contribution is -2.36. The van der Waals surface area contributed by atoms with Gasteiger partial charge in [0.1, 0.15) is 6.10 Å². The predicted octanol–water partition coefficient (Wildman–Crippen LogP) is 1.73. The molecule has 1 aliphatic rings. The molecule has 0 unspecified atom stereocenters. The third-order valence-electron chi connectivity index (χ3n) is 4.01. The van der Waals surface area contributed by atoms with Crippen molar-refractivity contribution >= 4 is 11.9 Å². The first-order chi connectivity index (χ1) is 10.8. The van der Waals surface area contributed by atoms with Gasteiger partial charge < -0.3 is 19.7 Å². The van der Waals surface area contributed by atoms with Crippen LogP contribution in [0, 0.1) is 5.92 Å². The maximum atomic E-state index is 12.0. The molecule has 0 aromatic rings. The number of allylic oxidation sites excluding steroid dienone is 1. The summed E-state index contributed by atoms with van der Waals surface area (Å²) < 4.78 is 10.4. The Hall–Kier alpha value is -1.40. The minimum Gasteiger partial charge on any atom is -0.463 e. The average Bonchev–Trinajstić information content (AvgIpc) is 2.47. The van der Waals surface area contributed by atoms with Crippen molar-refractivity contribution in [2.75, 3.05) is 0 Å². The lowest BCUT2D eigenvalue weighted by Gasteiger charge is -2.26. The molecule has 0 aromatic heterocycles. The fraction of sp³-hybridized carbons (Fsp3) is 0.765. The van der Waals surface area contributed by atoms with Gasteiger partial charge in [0.15, 0.2) is 0 Å². The van der Waals surface area contributed by atoms with Crippen LogP contribution < -0.4 is 0 Å².